The van der Waals surface area contributed by atoms with Gasteiger partial charge in [-0.2, -0.15) is 0 Å². The van der Waals surface area contributed by atoms with Gasteiger partial charge in [0.15, 0.2) is 0 Å². The molecule has 21 heavy (non-hydrogen) atoms. The van der Waals surface area contributed by atoms with Gasteiger partial charge in [0.25, 0.3) is 0 Å². The molecule has 2 amide bonds. The first-order valence-electron chi connectivity index (χ1n) is 6.83. The van der Waals surface area contributed by atoms with Crippen molar-refractivity contribution >= 4 is 34.5 Å². The van der Waals surface area contributed by atoms with Crippen molar-refractivity contribution in [2.75, 3.05) is 10.6 Å². The molecule has 1 aromatic heterocycles. The minimum atomic E-state index is -0.329. The van der Waals surface area contributed by atoms with Crippen LogP contribution in [0, 0.1) is 0 Å². The zero-order chi connectivity index (χ0) is 14.9. The molecule has 0 radical (unpaired) electrons. The molecule has 5 heteroatoms. The molecule has 0 spiro atoms. The lowest BCUT2D eigenvalue weighted by Crippen LogP contribution is -2.26. The van der Waals surface area contributed by atoms with E-state index in [0.29, 0.717) is 0 Å². The molecular formula is C16H16N2O2S. The molecule has 1 aromatic carbocycles. The number of hydrogen-bond acceptors (Lipinski definition) is 3. The average molecular weight is 300 g/mol. The van der Waals surface area contributed by atoms with E-state index in [4.69, 9.17) is 0 Å². The molecule has 108 valence electrons. The first-order chi connectivity index (χ1) is 10.1. The van der Waals surface area contributed by atoms with Crippen molar-refractivity contribution in [2.45, 2.75) is 25.2 Å². The van der Waals surface area contributed by atoms with Crippen molar-refractivity contribution in [3.8, 4) is 0 Å². The minimum absolute atomic E-state index is 0.0530. The Morgan fingerprint density at radius 1 is 1.05 bits per heavy atom. The molecule has 0 unspecified atom stereocenters. The fraction of sp³-hybridized carbons (Fsp3) is 0.250. The van der Waals surface area contributed by atoms with Crippen molar-refractivity contribution in [1.82, 2.24) is 0 Å². The van der Waals surface area contributed by atoms with Crippen LogP contribution in [0.4, 0.5) is 11.4 Å². The van der Waals surface area contributed by atoms with Crippen LogP contribution in [-0.4, -0.2) is 11.8 Å². The Bertz CT molecular complexity index is 658. The highest BCUT2D eigenvalue weighted by atomic mass is 32.1. The Kier molecular flexibility index (Phi) is 3.51. The molecule has 1 aliphatic carbocycles. The van der Waals surface area contributed by atoms with Gasteiger partial charge in [0, 0.05) is 23.2 Å². The molecular weight excluding hydrogens is 284 g/mol. The van der Waals surface area contributed by atoms with Gasteiger partial charge in [0.2, 0.25) is 11.8 Å². The van der Waals surface area contributed by atoms with Crippen LogP contribution >= 0.6 is 11.3 Å². The van der Waals surface area contributed by atoms with Crippen LogP contribution in [0.3, 0.4) is 0 Å². The zero-order valence-corrected chi connectivity index (χ0v) is 12.5. The van der Waals surface area contributed by atoms with E-state index >= 15 is 0 Å². The van der Waals surface area contributed by atoms with Crippen LogP contribution in [0.15, 0.2) is 41.8 Å². The predicted octanol–water partition coefficient (Wildman–Crippen LogP) is 3.38. The number of nitrogens with one attached hydrogen (secondary N) is 2. The van der Waals surface area contributed by atoms with E-state index in [1.54, 1.807) is 35.6 Å². The minimum Gasteiger partial charge on any atom is -0.326 e. The summed E-state index contributed by atoms with van der Waals surface area (Å²) in [7, 11) is 0. The highest BCUT2D eigenvalue weighted by molar-refractivity contribution is 7.10. The molecule has 4 nitrogen and oxygen atoms in total. The normalized spacial score (nSPS) is 15.3. The smallest absolute Gasteiger partial charge is 0.235 e. The molecule has 0 atom stereocenters. The van der Waals surface area contributed by atoms with E-state index in [9.17, 15) is 9.59 Å². The predicted molar refractivity (Wildman–Crippen MR) is 84.6 cm³/mol. The fourth-order valence-corrected chi connectivity index (χ4v) is 3.34. The Labute approximate surface area is 127 Å². The highest BCUT2D eigenvalue weighted by Gasteiger charge is 2.52. The third kappa shape index (κ3) is 2.83. The molecule has 1 heterocycles. The molecule has 0 aliphatic heterocycles. The summed E-state index contributed by atoms with van der Waals surface area (Å²) in [5.41, 5.74) is 1.14. The Balaban J connectivity index is 1.69. The third-order valence-electron chi connectivity index (χ3n) is 3.64. The van der Waals surface area contributed by atoms with Crippen molar-refractivity contribution in [3.63, 3.8) is 0 Å². The average Bonchev–Trinajstić information content (AvgIpc) is 3.08. The third-order valence-corrected chi connectivity index (χ3v) is 4.71. The summed E-state index contributed by atoms with van der Waals surface area (Å²) in [5, 5.41) is 7.67. The molecule has 0 saturated heterocycles. The van der Waals surface area contributed by atoms with Crippen LogP contribution in [0.1, 0.15) is 24.6 Å². The summed E-state index contributed by atoms with van der Waals surface area (Å²) < 4.78 is 0. The number of anilines is 2. The van der Waals surface area contributed by atoms with E-state index in [1.165, 1.54) is 6.92 Å². The van der Waals surface area contributed by atoms with Gasteiger partial charge in [-0.25, -0.2) is 0 Å². The number of carbonyl (C=O) groups excluding carboxylic acids is 2. The van der Waals surface area contributed by atoms with Crippen LogP contribution in [0.2, 0.25) is 0 Å². The Hall–Kier alpha value is -2.14. The topological polar surface area (TPSA) is 58.2 Å². The van der Waals surface area contributed by atoms with Crippen LogP contribution in [-0.2, 0) is 15.0 Å². The zero-order valence-electron chi connectivity index (χ0n) is 11.7. The molecule has 1 saturated carbocycles. The summed E-state index contributed by atoms with van der Waals surface area (Å²) in [4.78, 5) is 24.6. The van der Waals surface area contributed by atoms with Gasteiger partial charge < -0.3 is 10.6 Å². The maximum absolute atomic E-state index is 12.5. The van der Waals surface area contributed by atoms with Crippen LogP contribution in [0.25, 0.3) is 0 Å². The lowest BCUT2D eigenvalue weighted by molar-refractivity contribution is -0.118. The van der Waals surface area contributed by atoms with E-state index < -0.39 is 0 Å². The maximum Gasteiger partial charge on any atom is 0.235 e. The molecule has 2 aromatic rings. The lowest BCUT2D eigenvalue weighted by Gasteiger charge is -2.14. The summed E-state index contributed by atoms with van der Waals surface area (Å²) in [6, 6.07) is 11.2. The van der Waals surface area contributed by atoms with Crippen molar-refractivity contribution in [2.24, 2.45) is 0 Å². The SMILES string of the molecule is CC(=O)Nc1ccc(NC(=O)C2(c3cccs3)CC2)cc1. The summed E-state index contributed by atoms with van der Waals surface area (Å²) >= 11 is 1.63. The largest absolute Gasteiger partial charge is 0.326 e. The van der Waals surface area contributed by atoms with Gasteiger partial charge in [-0.05, 0) is 48.6 Å². The second-order valence-electron chi connectivity index (χ2n) is 5.27. The van der Waals surface area contributed by atoms with Gasteiger partial charge in [-0.1, -0.05) is 6.07 Å². The van der Waals surface area contributed by atoms with Crippen LogP contribution < -0.4 is 10.6 Å². The lowest BCUT2D eigenvalue weighted by atomic mass is 10.0. The first kappa shape index (κ1) is 13.8. The standard InChI is InChI=1S/C16H16N2O2S/c1-11(19)17-12-4-6-13(7-5-12)18-15(20)16(8-9-16)14-3-2-10-21-14/h2-7,10H,8-9H2,1H3,(H,17,19)(H,18,20). The summed E-state index contributed by atoms with van der Waals surface area (Å²) in [6.45, 7) is 1.47. The molecule has 3 rings (SSSR count). The number of rotatable bonds is 4. The number of carbonyl (C=O) groups is 2. The fourth-order valence-electron chi connectivity index (χ4n) is 2.35. The number of amides is 2. The second-order valence-corrected chi connectivity index (χ2v) is 6.22. The van der Waals surface area contributed by atoms with Gasteiger partial charge in [-0.3, -0.25) is 9.59 Å². The molecule has 0 bridgehead atoms. The second kappa shape index (κ2) is 5.33. The monoisotopic (exact) mass is 300 g/mol. The Morgan fingerprint density at radius 2 is 1.67 bits per heavy atom. The first-order valence-corrected chi connectivity index (χ1v) is 7.71. The summed E-state index contributed by atoms with van der Waals surface area (Å²) in [6.07, 6.45) is 1.81. The van der Waals surface area contributed by atoms with Gasteiger partial charge >= 0.3 is 0 Å². The van der Waals surface area contributed by atoms with E-state index in [0.717, 1.165) is 29.1 Å². The van der Waals surface area contributed by atoms with Gasteiger partial charge in [0.1, 0.15) is 0 Å². The highest BCUT2D eigenvalue weighted by Crippen LogP contribution is 2.50. The van der Waals surface area contributed by atoms with Crippen molar-refractivity contribution < 1.29 is 9.59 Å². The summed E-state index contributed by atoms with van der Waals surface area (Å²) in [5.74, 6) is -0.0568. The van der Waals surface area contributed by atoms with E-state index in [2.05, 4.69) is 10.6 Å². The van der Waals surface area contributed by atoms with Gasteiger partial charge in [0.05, 0.1) is 5.41 Å². The molecule has 1 aliphatic rings. The van der Waals surface area contributed by atoms with Crippen molar-refractivity contribution in [3.05, 3.63) is 46.7 Å². The molecule has 1 fully saturated rings. The maximum atomic E-state index is 12.5. The van der Waals surface area contributed by atoms with Crippen LogP contribution in [0.5, 0.6) is 0 Å². The van der Waals surface area contributed by atoms with E-state index in [-0.39, 0.29) is 17.2 Å². The quantitative estimate of drug-likeness (QED) is 0.909. The van der Waals surface area contributed by atoms with Gasteiger partial charge in [-0.15, -0.1) is 11.3 Å². The molecule has 2 N–H and O–H groups in total. The number of thiophene rings is 1. The number of benzene rings is 1. The van der Waals surface area contributed by atoms with Crippen molar-refractivity contribution in [1.29, 1.82) is 0 Å². The van der Waals surface area contributed by atoms with E-state index in [1.807, 2.05) is 17.5 Å². The number of hydrogen-bond donors (Lipinski definition) is 2. The Morgan fingerprint density at radius 3 is 2.14 bits per heavy atom.